The molecule has 1 rings (SSSR count). The van der Waals surface area contributed by atoms with Crippen molar-refractivity contribution in [1.29, 1.82) is 0 Å². The molecule has 60 valence electrons. The van der Waals surface area contributed by atoms with Crippen LogP contribution in [0.15, 0.2) is 41.7 Å². The van der Waals surface area contributed by atoms with Crippen LogP contribution in [-0.2, 0) is 0 Å². The Balaban J connectivity index is 0.000000461. The summed E-state index contributed by atoms with van der Waals surface area (Å²) in [6.07, 6.45) is 11.2. The van der Waals surface area contributed by atoms with E-state index in [9.17, 15) is 0 Å². The maximum atomic E-state index is 3.14. The molecule has 0 fully saturated rings. The number of hydrogen-bond acceptors (Lipinski definition) is 0. The molecular formula is C11H16. The molecule has 0 spiro atoms. The van der Waals surface area contributed by atoms with Crippen LogP contribution in [0.2, 0.25) is 0 Å². The van der Waals surface area contributed by atoms with Crippen molar-refractivity contribution in [3.8, 4) is 0 Å². The van der Waals surface area contributed by atoms with Gasteiger partial charge < -0.3 is 0 Å². The van der Waals surface area contributed by atoms with E-state index in [1.165, 1.54) is 5.57 Å². The molecule has 0 amide bonds. The molecule has 1 aliphatic carbocycles. The third-order valence-electron chi connectivity index (χ3n) is 1.21. The van der Waals surface area contributed by atoms with Crippen molar-refractivity contribution in [1.82, 2.24) is 0 Å². The molecule has 11 heavy (non-hydrogen) atoms. The Bertz CT molecular complexity index is 198. The molecule has 0 radical (unpaired) electrons. The summed E-state index contributed by atoms with van der Waals surface area (Å²) in [6.45, 7) is 6.08. The van der Waals surface area contributed by atoms with E-state index >= 15 is 0 Å². The van der Waals surface area contributed by atoms with E-state index < -0.39 is 0 Å². The maximum absolute atomic E-state index is 3.14. The minimum atomic E-state index is 1.03. The summed E-state index contributed by atoms with van der Waals surface area (Å²) < 4.78 is 0. The molecule has 0 heteroatoms. The van der Waals surface area contributed by atoms with Gasteiger partial charge in [-0.3, -0.25) is 0 Å². The fourth-order valence-electron chi connectivity index (χ4n) is 0.692. The minimum Gasteiger partial charge on any atom is -0.122 e. The van der Waals surface area contributed by atoms with Gasteiger partial charge in [-0.1, -0.05) is 38.2 Å². The molecule has 0 saturated heterocycles. The Labute approximate surface area is 69.6 Å². The first-order chi connectivity index (χ1) is 5.39. The zero-order chi connectivity index (χ0) is 8.53. The Morgan fingerprint density at radius 2 is 1.91 bits per heavy atom. The van der Waals surface area contributed by atoms with Crippen molar-refractivity contribution < 1.29 is 0 Å². The lowest BCUT2D eigenvalue weighted by molar-refractivity contribution is 1.22. The van der Waals surface area contributed by atoms with Gasteiger partial charge in [0.2, 0.25) is 0 Å². The van der Waals surface area contributed by atoms with E-state index in [-0.39, 0.29) is 0 Å². The molecule has 0 nitrogen and oxygen atoms in total. The summed E-state index contributed by atoms with van der Waals surface area (Å²) in [4.78, 5) is 0. The summed E-state index contributed by atoms with van der Waals surface area (Å²) in [5, 5.41) is 0. The zero-order valence-corrected chi connectivity index (χ0v) is 7.59. The fraction of sp³-hybridized carbons (Fsp3) is 0.364. The topological polar surface area (TPSA) is 0 Å². The molecule has 0 aromatic heterocycles. The van der Waals surface area contributed by atoms with Crippen molar-refractivity contribution in [2.24, 2.45) is 0 Å². The summed E-state index contributed by atoms with van der Waals surface area (Å²) in [5.41, 5.74) is 4.43. The van der Waals surface area contributed by atoms with Crippen molar-refractivity contribution in [2.75, 3.05) is 0 Å². The van der Waals surface area contributed by atoms with Gasteiger partial charge in [-0.2, -0.15) is 0 Å². The van der Waals surface area contributed by atoms with Crippen LogP contribution in [0.5, 0.6) is 0 Å². The number of allylic oxidation sites excluding steroid dienone is 5. The van der Waals surface area contributed by atoms with Crippen LogP contribution < -0.4 is 0 Å². The van der Waals surface area contributed by atoms with Crippen LogP contribution in [-0.4, -0.2) is 0 Å². The maximum Gasteiger partial charge on any atom is -0.00622 e. The highest BCUT2D eigenvalue weighted by Gasteiger charge is 1.80. The molecule has 0 aromatic carbocycles. The Kier molecular flexibility index (Phi) is 6.46. The third kappa shape index (κ3) is 5.44. The minimum absolute atomic E-state index is 1.03. The first-order valence-corrected chi connectivity index (χ1v) is 4.13. The standard InChI is InChI=1S/C9H10.C2H6/c1-9-7-5-3-2-4-6-8-9;1-2/h2-6H,7H2,1H3;1-2H3/b4-2-,5-3-;. The van der Waals surface area contributed by atoms with Gasteiger partial charge >= 0.3 is 0 Å². The van der Waals surface area contributed by atoms with Crippen LogP contribution in [0, 0.1) is 0 Å². The van der Waals surface area contributed by atoms with E-state index in [0.29, 0.717) is 0 Å². The van der Waals surface area contributed by atoms with Crippen molar-refractivity contribution in [3.63, 3.8) is 0 Å². The highest BCUT2D eigenvalue weighted by molar-refractivity contribution is 5.18. The van der Waals surface area contributed by atoms with Crippen LogP contribution in [0.4, 0.5) is 0 Å². The van der Waals surface area contributed by atoms with Gasteiger partial charge in [-0.05, 0) is 25.0 Å². The third-order valence-corrected chi connectivity index (χ3v) is 1.21. The Hall–Kier alpha value is -1.00. The van der Waals surface area contributed by atoms with Crippen LogP contribution in [0.3, 0.4) is 0 Å². The van der Waals surface area contributed by atoms with Gasteiger partial charge in [0, 0.05) is 0 Å². The number of rotatable bonds is 0. The molecule has 0 saturated carbocycles. The molecule has 0 atom stereocenters. The van der Waals surface area contributed by atoms with Crippen LogP contribution in [0.25, 0.3) is 0 Å². The molecule has 0 aromatic rings. The van der Waals surface area contributed by atoms with E-state index in [1.54, 1.807) is 0 Å². The number of hydrogen-bond donors (Lipinski definition) is 0. The smallest absolute Gasteiger partial charge is 0.00622 e. The van der Waals surface area contributed by atoms with Crippen molar-refractivity contribution in [2.45, 2.75) is 27.2 Å². The summed E-state index contributed by atoms with van der Waals surface area (Å²) in [5.74, 6) is 0. The lowest BCUT2D eigenvalue weighted by Gasteiger charge is -1.88. The average molecular weight is 148 g/mol. The summed E-state index contributed by atoms with van der Waals surface area (Å²) in [6, 6.07) is 0. The van der Waals surface area contributed by atoms with E-state index in [2.05, 4.69) is 24.8 Å². The van der Waals surface area contributed by atoms with Gasteiger partial charge in [0.1, 0.15) is 0 Å². The zero-order valence-electron chi connectivity index (χ0n) is 7.59. The van der Waals surface area contributed by atoms with Crippen LogP contribution >= 0.6 is 0 Å². The fourth-order valence-corrected chi connectivity index (χ4v) is 0.692. The molecule has 0 N–H and O–H groups in total. The first-order valence-electron chi connectivity index (χ1n) is 4.13. The molecule has 0 unspecified atom stereocenters. The lowest BCUT2D eigenvalue weighted by Crippen LogP contribution is -1.69. The van der Waals surface area contributed by atoms with Gasteiger partial charge in [0.25, 0.3) is 0 Å². The van der Waals surface area contributed by atoms with Crippen LogP contribution in [0.1, 0.15) is 27.2 Å². The molecule has 1 aliphatic rings. The second-order valence-electron chi connectivity index (χ2n) is 2.11. The highest BCUT2D eigenvalue weighted by atomic mass is 13.9. The quantitative estimate of drug-likeness (QED) is 0.460. The molecule has 0 heterocycles. The van der Waals surface area contributed by atoms with Gasteiger partial charge in [-0.15, -0.1) is 5.73 Å². The summed E-state index contributed by atoms with van der Waals surface area (Å²) >= 11 is 0. The Morgan fingerprint density at radius 1 is 1.18 bits per heavy atom. The van der Waals surface area contributed by atoms with E-state index in [1.807, 2.05) is 32.1 Å². The first kappa shape index (κ1) is 10.0. The second-order valence-corrected chi connectivity index (χ2v) is 2.11. The summed E-state index contributed by atoms with van der Waals surface area (Å²) in [7, 11) is 0. The van der Waals surface area contributed by atoms with Gasteiger partial charge in [-0.25, -0.2) is 0 Å². The predicted molar refractivity (Wildman–Crippen MR) is 51.5 cm³/mol. The SMILES string of the molecule is CC.CC1=C=C/C=C\C=C/C1. The monoisotopic (exact) mass is 148 g/mol. The predicted octanol–water partition coefficient (Wildman–Crippen LogP) is 3.63. The largest absolute Gasteiger partial charge is 0.122 e. The average Bonchev–Trinajstić information content (AvgIpc) is 2.01. The molecule has 0 aliphatic heterocycles. The second kappa shape index (κ2) is 7.11. The van der Waals surface area contributed by atoms with E-state index in [0.717, 1.165) is 6.42 Å². The van der Waals surface area contributed by atoms with Crippen molar-refractivity contribution >= 4 is 0 Å². The highest BCUT2D eigenvalue weighted by Crippen LogP contribution is 2.00. The van der Waals surface area contributed by atoms with Gasteiger partial charge in [0.05, 0.1) is 0 Å². The van der Waals surface area contributed by atoms with Gasteiger partial charge in [0.15, 0.2) is 0 Å². The molecular weight excluding hydrogens is 132 g/mol. The lowest BCUT2D eigenvalue weighted by atomic mass is 10.2. The van der Waals surface area contributed by atoms with Crippen molar-refractivity contribution in [3.05, 3.63) is 41.7 Å². The molecule has 0 bridgehead atoms. The Morgan fingerprint density at radius 3 is 2.64 bits per heavy atom. The van der Waals surface area contributed by atoms with E-state index in [4.69, 9.17) is 0 Å². The normalized spacial score (nSPS) is 20.1.